The predicted molar refractivity (Wildman–Crippen MR) is 117 cm³/mol. The van der Waals surface area contributed by atoms with Crippen LogP contribution in [0.5, 0.6) is 0 Å². The molecular formula is C23H19F5N6O2. The van der Waals surface area contributed by atoms with E-state index in [0.717, 1.165) is 6.20 Å². The van der Waals surface area contributed by atoms with E-state index in [-0.39, 0.29) is 37.0 Å². The van der Waals surface area contributed by atoms with Gasteiger partial charge < -0.3 is 14.5 Å². The van der Waals surface area contributed by atoms with Gasteiger partial charge in [-0.25, -0.2) is 18.7 Å². The summed E-state index contributed by atoms with van der Waals surface area (Å²) in [7, 11) is 0. The van der Waals surface area contributed by atoms with E-state index in [1.807, 2.05) is 0 Å². The molecule has 0 amide bonds. The molecule has 36 heavy (non-hydrogen) atoms. The minimum atomic E-state index is -4.82. The van der Waals surface area contributed by atoms with Gasteiger partial charge in [0.1, 0.15) is 23.5 Å². The molecular weight excluding hydrogens is 487 g/mol. The standard InChI is InChI=1S/C23H19F5N6O2/c1-22(35,23(26,27)28)14-11-33(12-14)21-16(25)9-29-20(30-21)18-8-19(17-6-7-36-32-17)34(31-18)10-13-4-2-3-5-15(13)24/h2-9,14,35H,10-12H2,1H3. The van der Waals surface area contributed by atoms with E-state index in [1.165, 1.54) is 21.9 Å². The maximum Gasteiger partial charge on any atom is 0.417 e. The highest BCUT2D eigenvalue weighted by Gasteiger charge is 2.58. The third kappa shape index (κ3) is 4.19. The fourth-order valence-corrected chi connectivity index (χ4v) is 3.93. The number of aromatic nitrogens is 5. The molecule has 1 aliphatic rings. The second-order valence-electron chi connectivity index (χ2n) is 8.66. The van der Waals surface area contributed by atoms with Gasteiger partial charge in [-0.3, -0.25) is 4.68 Å². The summed E-state index contributed by atoms with van der Waals surface area (Å²) in [6.45, 7) is 0.255. The van der Waals surface area contributed by atoms with Crippen molar-refractivity contribution in [1.29, 1.82) is 0 Å². The molecule has 1 fully saturated rings. The molecule has 1 atom stereocenters. The van der Waals surface area contributed by atoms with Crippen molar-refractivity contribution in [1.82, 2.24) is 24.9 Å². The quantitative estimate of drug-likeness (QED) is 0.394. The molecule has 1 saturated heterocycles. The van der Waals surface area contributed by atoms with Gasteiger partial charge >= 0.3 is 6.18 Å². The lowest BCUT2D eigenvalue weighted by atomic mass is 9.82. The SMILES string of the molecule is CC(O)(C1CN(c2nc(-c3cc(-c4ccon4)n(Cc4ccccc4F)n3)ncc2F)C1)C(F)(F)F. The number of nitrogens with zero attached hydrogens (tertiary/aromatic N) is 6. The summed E-state index contributed by atoms with van der Waals surface area (Å²) in [4.78, 5) is 9.46. The fraction of sp³-hybridized carbons (Fsp3) is 0.304. The molecule has 0 aliphatic carbocycles. The van der Waals surface area contributed by atoms with Crippen molar-refractivity contribution in [3.8, 4) is 22.9 Å². The highest BCUT2D eigenvalue weighted by molar-refractivity contribution is 5.63. The average Bonchev–Trinajstić information content (AvgIpc) is 3.45. The Morgan fingerprint density at radius 1 is 1.08 bits per heavy atom. The number of hydrogen-bond acceptors (Lipinski definition) is 7. The van der Waals surface area contributed by atoms with Crippen molar-refractivity contribution in [2.75, 3.05) is 18.0 Å². The molecule has 1 N–H and O–H groups in total. The molecule has 8 nitrogen and oxygen atoms in total. The number of halogens is 5. The Kier molecular flexibility index (Phi) is 5.74. The van der Waals surface area contributed by atoms with Gasteiger partial charge in [0.25, 0.3) is 0 Å². The topological polar surface area (TPSA) is 93.1 Å². The molecule has 1 aromatic carbocycles. The number of alkyl halides is 3. The Labute approximate surface area is 201 Å². The highest BCUT2D eigenvalue weighted by atomic mass is 19.4. The third-order valence-electron chi connectivity index (χ3n) is 6.26. The van der Waals surface area contributed by atoms with Gasteiger partial charge in [0.05, 0.1) is 18.4 Å². The van der Waals surface area contributed by atoms with Crippen molar-refractivity contribution < 1.29 is 31.6 Å². The maximum absolute atomic E-state index is 14.5. The van der Waals surface area contributed by atoms with E-state index in [2.05, 4.69) is 20.2 Å². The summed E-state index contributed by atoms with van der Waals surface area (Å²) >= 11 is 0. The molecule has 0 bridgehead atoms. The molecule has 3 aromatic heterocycles. The van der Waals surface area contributed by atoms with E-state index in [4.69, 9.17) is 4.52 Å². The van der Waals surface area contributed by atoms with Crippen LogP contribution in [-0.4, -0.2) is 54.9 Å². The van der Waals surface area contributed by atoms with Gasteiger partial charge in [0, 0.05) is 30.6 Å². The normalized spacial score (nSPS) is 16.1. The van der Waals surface area contributed by atoms with Crippen LogP contribution in [0.2, 0.25) is 0 Å². The van der Waals surface area contributed by atoms with Crippen molar-refractivity contribution in [3.05, 3.63) is 66.1 Å². The zero-order chi connectivity index (χ0) is 25.7. The first-order chi connectivity index (χ1) is 17.0. The van der Waals surface area contributed by atoms with E-state index in [0.29, 0.717) is 23.9 Å². The minimum absolute atomic E-state index is 0.00876. The molecule has 188 valence electrons. The fourth-order valence-electron chi connectivity index (χ4n) is 3.93. The zero-order valence-electron chi connectivity index (χ0n) is 18.7. The van der Waals surface area contributed by atoms with Crippen molar-refractivity contribution in [2.45, 2.75) is 25.2 Å². The lowest BCUT2D eigenvalue weighted by Crippen LogP contribution is -2.62. The van der Waals surface area contributed by atoms with Crippen LogP contribution in [0.1, 0.15) is 12.5 Å². The second kappa shape index (κ2) is 8.66. The second-order valence-corrected chi connectivity index (χ2v) is 8.66. The van der Waals surface area contributed by atoms with E-state index >= 15 is 0 Å². The van der Waals surface area contributed by atoms with Crippen LogP contribution >= 0.6 is 0 Å². The Morgan fingerprint density at radius 3 is 2.50 bits per heavy atom. The van der Waals surface area contributed by atoms with Crippen LogP contribution in [0.3, 0.4) is 0 Å². The predicted octanol–water partition coefficient (Wildman–Crippen LogP) is 4.07. The smallest absolute Gasteiger partial charge is 0.380 e. The molecule has 0 saturated carbocycles. The van der Waals surface area contributed by atoms with Crippen LogP contribution in [-0.2, 0) is 6.54 Å². The summed E-state index contributed by atoms with van der Waals surface area (Å²) in [5, 5.41) is 18.2. The molecule has 1 aliphatic heterocycles. The maximum atomic E-state index is 14.5. The third-order valence-corrected chi connectivity index (χ3v) is 6.26. The molecule has 4 aromatic rings. The van der Waals surface area contributed by atoms with Crippen LogP contribution in [0.25, 0.3) is 22.9 Å². The van der Waals surface area contributed by atoms with E-state index in [1.54, 1.807) is 30.3 Å². The summed E-state index contributed by atoms with van der Waals surface area (Å²) < 4.78 is 74.5. The van der Waals surface area contributed by atoms with Gasteiger partial charge in [-0.15, -0.1) is 0 Å². The van der Waals surface area contributed by atoms with Gasteiger partial charge in [-0.05, 0) is 19.1 Å². The first kappa shape index (κ1) is 23.9. The van der Waals surface area contributed by atoms with Crippen LogP contribution in [0, 0.1) is 17.6 Å². The highest BCUT2D eigenvalue weighted by Crippen LogP contribution is 2.41. The first-order valence-corrected chi connectivity index (χ1v) is 10.8. The molecule has 0 radical (unpaired) electrons. The molecule has 5 rings (SSSR count). The Balaban J connectivity index is 1.45. The lowest BCUT2D eigenvalue weighted by molar-refractivity contribution is -0.274. The number of hydrogen-bond donors (Lipinski definition) is 1. The number of rotatable bonds is 6. The summed E-state index contributed by atoms with van der Waals surface area (Å²) in [6.07, 6.45) is -2.56. The Hall–Kier alpha value is -3.87. The summed E-state index contributed by atoms with van der Waals surface area (Å²) in [6, 6.07) is 9.33. The molecule has 4 heterocycles. The average molecular weight is 506 g/mol. The van der Waals surface area contributed by atoms with Crippen LogP contribution < -0.4 is 4.90 Å². The molecule has 1 unspecified atom stereocenters. The minimum Gasteiger partial charge on any atom is -0.380 e. The van der Waals surface area contributed by atoms with Crippen molar-refractivity contribution >= 4 is 5.82 Å². The monoisotopic (exact) mass is 506 g/mol. The number of anilines is 1. The Bertz CT molecular complexity index is 1380. The largest absolute Gasteiger partial charge is 0.417 e. The summed E-state index contributed by atoms with van der Waals surface area (Å²) in [5.74, 6) is -2.60. The number of benzene rings is 1. The van der Waals surface area contributed by atoms with Gasteiger partial charge in [0.2, 0.25) is 0 Å². The van der Waals surface area contributed by atoms with E-state index < -0.39 is 29.3 Å². The van der Waals surface area contributed by atoms with Gasteiger partial charge in [0.15, 0.2) is 23.1 Å². The molecule has 0 spiro atoms. The zero-order valence-corrected chi connectivity index (χ0v) is 18.7. The van der Waals surface area contributed by atoms with Crippen molar-refractivity contribution in [2.24, 2.45) is 5.92 Å². The van der Waals surface area contributed by atoms with E-state index in [9.17, 15) is 27.1 Å². The van der Waals surface area contributed by atoms with Crippen molar-refractivity contribution in [3.63, 3.8) is 0 Å². The van der Waals surface area contributed by atoms with Crippen LogP contribution in [0.4, 0.5) is 27.8 Å². The number of aliphatic hydroxyl groups is 1. The van der Waals surface area contributed by atoms with Gasteiger partial charge in [-0.1, -0.05) is 23.4 Å². The summed E-state index contributed by atoms with van der Waals surface area (Å²) in [5.41, 5.74) is -1.46. The van der Waals surface area contributed by atoms with Gasteiger partial charge in [-0.2, -0.15) is 18.3 Å². The lowest BCUT2D eigenvalue weighted by Gasteiger charge is -2.47. The molecule has 13 heteroatoms. The van der Waals surface area contributed by atoms with Crippen LogP contribution in [0.15, 0.2) is 53.4 Å². The Morgan fingerprint density at radius 2 is 1.83 bits per heavy atom. The first-order valence-electron chi connectivity index (χ1n) is 10.8.